The largest absolute Gasteiger partial charge is 0.475 e. The van der Waals surface area contributed by atoms with Crippen molar-refractivity contribution in [3.05, 3.63) is 18.1 Å². The van der Waals surface area contributed by atoms with Gasteiger partial charge in [0.2, 0.25) is 5.88 Å². The molecular weight excluding hydrogens is 192 g/mol. The Kier molecular flexibility index (Phi) is 5.00. The van der Waals surface area contributed by atoms with Crippen LogP contribution in [0, 0.1) is 0 Å². The van der Waals surface area contributed by atoms with Crippen molar-refractivity contribution in [3.63, 3.8) is 0 Å². The summed E-state index contributed by atoms with van der Waals surface area (Å²) in [6.07, 6.45) is 3.38. The first kappa shape index (κ1) is 11.9. The van der Waals surface area contributed by atoms with Gasteiger partial charge in [0.25, 0.3) is 0 Å². The van der Waals surface area contributed by atoms with E-state index in [1.54, 1.807) is 12.4 Å². The van der Waals surface area contributed by atoms with Crippen molar-refractivity contribution in [2.75, 3.05) is 34.3 Å². The lowest BCUT2D eigenvalue weighted by Crippen LogP contribution is -2.19. The van der Waals surface area contributed by atoms with E-state index in [2.05, 4.69) is 20.2 Å². The zero-order valence-electron chi connectivity index (χ0n) is 9.53. The van der Waals surface area contributed by atoms with Crippen LogP contribution in [0.25, 0.3) is 0 Å². The molecule has 1 N–H and O–H groups in total. The lowest BCUT2D eigenvalue weighted by atomic mass is 10.4. The van der Waals surface area contributed by atoms with E-state index in [1.807, 2.05) is 21.1 Å². The summed E-state index contributed by atoms with van der Waals surface area (Å²) in [4.78, 5) is 10.4. The molecule has 0 saturated carbocycles. The van der Waals surface area contributed by atoms with E-state index in [9.17, 15) is 0 Å². The summed E-state index contributed by atoms with van der Waals surface area (Å²) in [5.74, 6) is 0.580. The molecule has 0 aromatic carbocycles. The highest BCUT2D eigenvalue weighted by molar-refractivity contribution is 5.06. The summed E-state index contributed by atoms with van der Waals surface area (Å²) < 4.78 is 5.41. The molecular formula is C10H18N4O. The van der Waals surface area contributed by atoms with Gasteiger partial charge in [-0.25, -0.2) is 4.98 Å². The van der Waals surface area contributed by atoms with E-state index in [4.69, 9.17) is 4.74 Å². The van der Waals surface area contributed by atoms with Crippen molar-refractivity contribution in [1.29, 1.82) is 0 Å². The molecule has 15 heavy (non-hydrogen) atoms. The normalized spacial score (nSPS) is 10.7. The van der Waals surface area contributed by atoms with Crippen molar-refractivity contribution in [2.24, 2.45) is 0 Å². The van der Waals surface area contributed by atoms with Gasteiger partial charge < -0.3 is 15.0 Å². The molecule has 5 heteroatoms. The van der Waals surface area contributed by atoms with Crippen LogP contribution in [-0.2, 0) is 6.54 Å². The Morgan fingerprint density at radius 3 is 2.67 bits per heavy atom. The van der Waals surface area contributed by atoms with Crippen LogP contribution in [-0.4, -0.2) is 49.2 Å². The first-order chi connectivity index (χ1) is 7.22. The molecule has 0 saturated heterocycles. The van der Waals surface area contributed by atoms with Gasteiger partial charge >= 0.3 is 0 Å². The number of ether oxygens (including phenoxy) is 1. The molecule has 0 aliphatic carbocycles. The summed E-state index contributed by atoms with van der Waals surface area (Å²) in [5.41, 5.74) is 0.914. The van der Waals surface area contributed by atoms with E-state index >= 15 is 0 Å². The number of hydrogen-bond donors (Lipinski definition) is 1. The Morgan fingerprint density at radius 1 is 1.33 bits per heavy atom. The molecule has 1 rings (SSSR count). The van der Waals surface area contributed by atoms with E-state index in [0.717, 1.165) is 18.8 Å². The molecule has 0 atom stereocenters. The molecule has 84 valence electrons. The monoisotopic (exact) mass is 210 g/mol. The van der Waals surface area contributed by atoms with Crippen molar-refractivity contribution in [1.82, 2.24) is 20.2 Å². The maximum atomic E-state index is 5.41. The van der Waals surface area contributed by atoms with Gasteiger partial charge in [0.15, 0.2) is 0 Å². The molecule has 0 aliphatic heterocycles. The molecule has 0 amide bonds. The van der Waals surface area contributed by atoms with Crippen molar-refractivity contribution >= 4 is 0 Å². The third-order valence-electron chi connectivity index (χ3n) is 1.83. The number of likely N-dealkylation sites (N-methyl/N-ethyl adjacent to an activating group) is 1. The van der Waals surface area contributed by atoms with Gasteiger partial charge in [-0.05, 0) is 21.1 Å². The zero-order chi connectivity index (χ0) is 11.1. The second-order valence-corrected chi connectivity index (χ2v) is 3.53. The fourth-order valence-electron chi connectivity index (χ4n) is 1.02. The first-order valence-corrected chi connectivity index (χ1v) is 4.95. The fraction of sp³-hybridized carbons (Fsp3) is 0.600. The van der Waals surface area contributed by atoms with Crippen LogP contribution in [0.15, 0.2) is 12.4 Å². The van der Waals surface area contributed by atoms with Crippen molar-refractivity contribution in [2.45, 2.75) is 6.54 Å². The van der Waals surface area contributed by atoms with Crippen LogP contribution in [0.1, 0.15) is 5.69 Å². The number of nitrogens with one attached hydrogen (secondary N) is 1. The smallest absolute Gasteiger partial charge is 0.232 e. The second-order valence-electron chi connectivity index (χ2n) is 3.53. The number of aromatic nitrogens is 2. The summed E-state index contributed by atoms with van der Waals surface area (Å²) in [6, 6.07) is 0. The highest BCUT2D eigenvalue weighted by atomic mass is 16.5. The standard InChI is InChI=1S/C10H18N4O/c1-11-6-9-7-13-10(8-12-9)15-5-4-14(2)3/h7-8,11H,4-6H2,1-3H3. The van der Waals surface area contributed by atoms with Crippen molar-refractivity contribution in [3.8, 4) is 5.88 Å². The molecule has 0 aliphatic rings. The third kappa shape index (κ3) is 4.71. The lowest BCUT2D eigenvalue weighted by molar-refractivity contribution is 0.253. The average Bonchev–Trinajstić information content (AvgIpc) is 2.20. The molecule has 1 aromatic rings. The van der Waals surface area contributed by atoms with Crippen molar-refractivity contribution < 1.29 is 4.74 Å². The van der Waals surface area contributed by atoms with E-state index in [0.29, 0.717) is 12.5 Å². The maximum absolute atomic E-state index is 5.41. The van der Waals surface area contributed by atoms with Gasteiger partial charge in [-0.3, -0.25) is 4.98 Å². The molecule has 0 bridgehead atoms. The van der Waals surface area contributed by atoms with Crippen LogP contribution < -0.4 is 10.1 Å². The Labute approximate surface area is 90.5 Å². The quantitative estimate of drug-likeness (QED) is 0.723. The summed E-state index contributed by atoms with van der Waals surface area (Å²) in [7, 11) is 5.89. The second kappa shape index (κ2) is 6.31. The minimum atomic E-state index is 0.580. The third-order valence-corrected chi connectivity index (χ3v) is 1.83. The van der Waals surface area contributed by atoms with Gasteiger partial charge in [-0.2, -0.15) is 0 Å². The molecule has 0 radical (unpaired) electrons. The SMILES string of the molecule is CNCc1cnc(OCCN(C)C)cn1. The van der Waals surface area contributed by atoms with Gasteiger partial charge in [-0.15, -0.1) is 0 Å². The fourth-order valence-corrected chi connectivity index (χ4v) is 1.02. The van der Waals surface area contributed by atoms with Gasteiger partial charge in [0.1, 0.15) is 6.61 Å². The molecule has 1 heterocycles. The first-order valence-electron chi connectivity index (χ1n) is 4.95. The lowest BCUT2D eigenvalue weighted by Gasteiger charge is -2.10. The number of rotatable bonds is 6. The molecule has 1 aromatic heterocycles. The molecule has 0 fully saturated rings. The Hall–Kier alpha value is -1.20. The highest BCUT2D eigenvalue weighted by Gasteiger charge is 1.98. The summed E-state index contributed by atoms with van der Waals surface area (Å²) in [6.45, 7) is 2.23. The topological polar surface area (TPSA) is 50.3 Å². The average molecular weight is 210 g/mol. The number of hydrogen-bond acceptors (Lipinski definition) is 5. The van der Waals surface area contributed by atoms with Gasteiger partial charge in [0, 0.05) is 13.1 Å². The predicted octanol–water partition coefficient (Wildman–Crippen LogP) is 0.136. The van der Waals surface area contributed by atoms with E-state index < -0.39 is 0 Å². The van der Waals surface area contributed by atoms with Gasteiger partial charge in [-0.1, -0.05) is 0 Å². The Morgan fingerprint density at radius 2 is 2.13 bits per heavy atom. The highest BCUT2D eigenvalue weighted by Crippen LogP contribution is 2.03. The van der Waals surface area contributed by atoms with Crippen LogP contribution in [0.5, 0.6) is 5.88 Å². The minimum Gasteiger partial charge on any atom is -0.475 e. The molecule has 5 nitrogen and oxygen atoms in total. The number of nitrogens with zero attached hydrogens (tertiary/aromatic N) is 3. The van der Waals surface area contributed by atoms with Crippen LogP contribution in [0.2, 0.25) is 0 Å². The Bertz CT molecular complexity index is 273. The molecule has 0 spiro atoms. The maximum Gasteiger partial charge on any atom is 0.232 e. The van der Waals surface area contributed by atoms with Crippen LogP contribution in [0.4, 0.5) is 0 Å². The molecule has 0 unspecified atom stereocenters. The van der Waals surface area contributed by atoms with E-state index in [-0.39, 0.29) is 0 Å². The minimum absolute atomic E-state index is 0.580. The van der Waals surface area contributed by atoms with Gasteiger partial charge in [0.05, 0.1) is 18.1 Å². The van der Waals surface area contributed by atoms with Crippen LogP contribution in [0.3, 0.4) is 0 Å². The van der Waals surface area contributed by atoms with E-state index in [1.165, 1.54) is 0 Å². The van der Waals surface area contributed by atoms with Crippen LogP contribution >= 0.6 is 0 Å². The summed E-state index contributed by atoms with van der Waals surface area (Å²) >= 11 is 0. The summed E-state index contributed by atoms with van der Waals surface area (Å²) in [5, 5.41) is 3.01. The Balaban J connectivity index is 2.36. The zero-order valence-corrected chi connectivity index (χ0v) is 9.53. The predicted molar refractivity (Wildman–Crippen MR) is 58.8 cm³/mol.